The number of nitrogens with one attached hydrogen (secondary N) is 1. The minimum Gasteiger partial charge on any atom is -0.321 e. The molecule has 1 N–H and O–H groups in total. The second-order valence-electron chi connectivity index (χ2n) is 6.57. The molecule has 0 bridgehead atoms. The lowest BCUT2D eigenvalue weighted by Gasteiger charge is -2.06. The quantitative estimate of drug-likeness (QED) is 0.511. The summed E-state index contributed by atoms with van der Waals surface area (Å²) >= 11 is 0. The number of carbonyl (C=O) groups excluding carboxylic acids is 2. The molecule has 0 fully saturated rings. The average Bonchev–Trinajstić information content (AvgIpc) is 3.12. The van der Waals surface area contributed by atoms with Crippen molar-refractivity contribution in [3.05, 3.63) is 114 Å². The summed E-state index contributed by atoms with van der Waals surface area (Å²) in [7, 11) is 0. The van der Waals surface area contributed by atoms with E-state index in [0.29, 0.717) is 22.5 Å². The highest BCUT2D eigenvalue weighted by atomic mass is 16.2. The maximum atomic E-state index is 13.3. The fourth-order valence-corrected chi connectivity index (χ4v) is 3.20. The molecule has 0 aliphatic rings. The number of para-hydroxylation sites is 2. The number of ketones is 1. The summed E-state index contributed by atoms with van der Waals surface area (Å²) in [6.45, 7) is 1.80. The Morgan fingerprint density at radius 1 is 0.793 bits per heavy atom. The van der Waals surface area contributed by atoms with Crippen LogP contribution < -0.4 is 5.32 Å². The molecule has 0 radical (unpaired) electrons. The highest BCUT2D eigenvalue weighted by Gasteiger charge is 2.27. The van der Waals surface area contributed by atoms with Crippen LogP contribution in [0.4, 0.5) is 5.69 Å². The van der Waals surface area contributed by atoms with E-state index < -0.39 is 5.91 Å². The van der Waals surface area contributed by atoms with Gasteiger partial charge in [-0.2, -0.15) is 5.10 Å². The standard InChI is InChI=1S/C24H19N3O2/c1-17-21(23(28)18-11-5-2-6-12-18)22(24(29)25-19-13-7-3-8-14-19)26-27(17)20-15-9-4-10-16-20/h2-16H,1H3,(H,25,29). The molecule has 0 unspecified atom stereocenters. The topological polar surface area (TPSA) is 64.0 Å². The molecule has 1 heterocycles. The van der Waals surface area contributed by atoms with E-state index in [-0.39, 0.29) is 11.5 Å². The van der Waals surface area contributed by atoms with Crippen molar-refractivity contribution in [1.29, 1.82) is 0 Å². The van der Waals surface area contributed by atoms with E-state index in [1.54, 1.807) is 48.0 Å². The van der Waals surface area contributed by atoms with Crippen LogP contribution in [0.5, 0.6) is 0 Å². The summed E-state index contributed by atoms with van der Waals surface area (Å²) in [6.07, 6.45) is 0. The highest BCUT2D eigenvalue weighted by molar-refractivity contribution is 6.17. The van der Waals surface area contributed by atoms with Crippen molar-refractivity contribution in [1.82, 2.24) is 9.78 Å². The molecule has 1 aromatic heterocycles. The highest BCUT2D eigenvalue weighted by Crippen LogP contribution is 2.23. The molecule has 0 aliphatic heterocycles. The van der Waals surface area contributed by atoms with Crippen LogP contribution in [0.1, 0.15) is 32.1 Å². The minimum absolute atomic E-state index is 0.101. The van der Waals surface area contributed by atoms with Gasteiger partial charge in [0.15, 0.2) is 11.5 Å². The first kappa shape index (κ1) is 18.4. The monoisotopic (exact) mass is 381 g/mol. The number of rotatable bonds is 5. The lowest BCUT2D eigenvalue weighted by atomic mass is 10.0. The third-order valence-electron chi connectivity index (χ3n) is 4.63. The molecule has 142 valence electrons. The molecule has 0 saturated heterocycles. The van der Waals surface area contributed by atoms with E-state index in [0.717, 1.165) is 5.69 Å². The zero-order chi connectivity index (χ0) is 20.2. The second-order valence-corrected chi connectivity index (χ2v) is 6.57. The lowest BCUT2D eigenvalue weighted by Crippen LogP contribution is -2.17. The number of anilines is 1. The molecule has 0 spiro atoms. The minimum atomic E-state index is -0.423. The van der Waals surface area contributed by atoms with Crippen molar-refractivity contribution in [3.63, 3.8) is 0 Å². The van der Waals surface area contributed by atoms with Crippen molar-refractivity contribution in [2.75, 3.05) is 5.32 Å². The Morgan fingerprint density at radius 3 is 1.97 bits per heavy atom. The van der Waals surface area contributed by atoms with Gasteiger partial charge in [0.05, 0.1) is 16.9 Å². The predicted molar refractivity (Wildman–Crippen MR) is 113 cm³/mol. The maximum absolute atomic E-state index is 13.3. The SMILES string of the molecule is Cc1c(C(=O)c2ccccc2)c(C(=O)Nc2ccccc2)nn1-c1ccccc1. The lowest BCUT2D eigenvalue weighted by molar-refractivity contribution is 0.0993. The first-order valence-electron chi connectivity index (χ1n) is 9.26. The van der Waals surface area contributed by atoms with Gasteiger partial charge in [-0.05, 0) is 31.2 Å². The van der Waals surface area contributed by atoms with Crippen molar-refractivity contribution in [3.8, 4) is 5.69 Å². The van der Waals surface area contributed by atoms with Crippen LogP contribution in [-0.4, -0.2) is 21.5 Å². The molecule has 5 nitrogen and oxygen atoms in total. The molecule has 0 atom stereocenters. The van der Waals surface area contributed by atoms with Crippen LogP contribution in [0.25, 0.3) is 5.69 Å². The van der Waals surface area contributed by atoms with Gasteiger partial charge in [0.25, 0.3) is 5.91 Å². The van der Waals surface area contributed by atoms with Crippen LogP contribution >= 0.6 is 0 Å². The predicted octanol–water partition coefficient (Wildman–Crippen LogP) is 4.66. The zero-order valence-electron chi connectivity index (χ0n) is 15.9. The Bertz CT molecular complexity index is 1150. The summed E-state index contributed by atoms with van der Waals surface area (Å²) in [4.78, 5) is 26.3. The zero-order valence-corrected chi connectivity index (χ0v) is 15.9. The first-order chi connectivity index (χ1) is 14.1. The van der Waals surface area contributed by atoms with Gasteiger partial charge >= 0.3 is 0 Å². The fraction of sp³-hybridized carbons (Fsp3) is 0.0417. The summed E-state index contributed by atoms with van der Waals surface area (Å²) in [5.74, 6) is -0.656. The van der Waals surface area contributed by atoms with Gasteiger partial charge in [0.1, 0.15) is 0 Å². The Morgan fingerprint density at radius 2 is 1.34 bits per heavy atom. The number of aromatic nitrogens is 2. The van der Waals surface area contributed by atoms with Crippen LogP contribution in [0.3, 0.4) is 0 Å². The first-order valence-corrected chi connectivity index (χ1v) is 9.26. The number of benzene rings is 3. The van der Waals surface area contributed by atoms with E-state index in [1.165, 1.54) is 0 Å². The van der Waals surface area contributed by atoms with Gasteiger partial charge in [-0.25, -0.2) is 4.68 Å². The number of carbonyl (C=O) groups is 2. The molecule has 4 aromatic rings. The maximum Gasteiger partial charge on any atom is 0.276 e. The molecule has 5 heteroatoms. The fourth-order valence-electron chi connectivity index (χ4n) is 3.20. The third-order valence-corrected chi connectivity index (χ3v) is 4.63. The van der Waals surface area contributed by atoms with E-state index in [2.05, 4.69) is 10.4 Å². The van der Waals surface area contributed by atoms with Gasteiger partial charge in [-0.15, -0.1) is 0 Å². The van der Waals surface area contributed by atoms with Crippen LogP contribution in [0.15, 0.2) is 91.0 Å². The summed E-state index contributed by atoms with van der Waals surface area (Å²) in [5, 5.41) is 7.34. The van der Waals surface area contributed by atoms with E-state index >= 15 is 0 Å². The van der Waals surface area contributed by atoms with E-state index in [9.17, 15) is 9.59 Å². The molecule has 29 heavy (non-hydrogen) atoms. The van der Waals surface area contributed by atoms with Gasteiger partial charge in [0, 0.05) is 11.3 Å². The molecule has 1 amide bonds. The van der Waals surface area contributed by atoms with Crippen LogP contribution in [0, 0.1) is 6.92 Å². The van der Waals surface area contributed by atoms with Crippen molar-refractivity contribution < 1.29 is 9.59 Å². The Balaban J connectivity index is 1.82. The van der Waals surface area contributed by atoms with E-state index in [4.69, 9.17) is 0 Å². The number of hydrogen-bond acceptors (Lipinski definition) is 3. The number of amides is 1. The largest absolute Gasteiger partial charge is 0.321 e. The van der Waals surface area contributed by atoms with Gasteiger partial charge in [0.2, 0.25) is 0 Å². The molecule has 4 rings (SSSR count). The Labute approximate surface area is 168 Å². The van der Waals surface area contributed by atoms with Crippen LogP contribution in [-0.2, 0) is 0 Å². The van der Waals surface area contributed by atoms with Crippen molar-refractivity contribution in [2.24, 2.45) is 0 Å². The third kappa shape index (κ3) is 3.71. The van der Waals surface area contributed by atoms with Crippen molar-refractivity contribution >= 4 is 17.4 Å². The second kappa shape index (κ2) is 7.94. The molecule has 3 aromatic carbocycles. The number of nitrogens with zero attached hydrogens (tertiary/aromatic N) is 2. The number of hydrogen-bond donors (Lipinski definition) is 1. The Kier molecular flexibility index (Phi) is 5.03. The summed E-state index contributed by atoms with van der Waals surface area (Å²) in [5.41, 5.74) is 2.95. The molecule has 0 aliphatic carbocycles. The normalized spacial score (nSPS) is 10.5. The molecule has 0 saturated carbocycles. The Hall–Kier alpha value is -3.99. The summed E-state index contributed by atoms with van der Waals surface area (Å²) < 4.78 is 1.63. The van der Waals surface area contributed by atoms with Gasteiger partial charge in [-0.3, -0.25) is 9.59 Å². The van der Waals surface area contributed by atoms with E-state index in [1.807, 2.05) is 54.6 Å². The molecular weight excluding hydrogens is 362 g/mol. The smallest absolute Gasteiger partial charge is 0.276 e. The average molecular weight is 381 g/mol. The molecular formula is C24H19N3O2. The van der Waals surface area contributed by atoms with Gasteiger partial charge < -0.3 is 5.32 Å². The summed E-state index contributed by atoms with van der Waals surface area (Å²) in [6, 6.07) is 27.5. The van der Waals surface area contributed by atoms with Gasteiger partial charge in [-0.1, -0.05) is 66.7 Å². The van der Waals surface area contributed by atoms with Crippen LogP contribution in [0.2, 0.25) is 0 Å². The van der Waals surface area contributed by atoms with Crippen molar-refractivity contribution in [2.45, 2.75) is 6.92 Å².